The number of ether oxygens (including phenoxy) is 1. The lowest BCUT2D eigenvalue weighted by Crippen LogP contribution is -2.04. The van der Waals surface area contributed by atoms with E-state index in [0.29, 0.717) is 35.6 Å². The second-order valence-corrected chi connectivity index (χ2v) is 6.46. The number of rotatable bonds is 9. The van der Waals surface area contributed by atoms with E-state index in [9.17, 15) is 14.7 Å². The van der Waals surface area contributed by atoms with Crippen molar-refractivity contribution in [1.82, 2.24) is 0 Å². The van der Waals surface area contributed by atoms with Crippen molar-refractivity contribution < 1.29 is 19.4 Å². The van der Waals surface area contributed by atoms with Crippen LogP contribution in [-0.2, 0) is 13.0 Å². The molecule has 0 fully saturated rings. The van der Waals surface area contributed by atoms with Crippen molar-refractivity contribution in [2.75, 3.05) is 5.88 Å². The van der Waals surface area contributed by atoms with Gasteiger partial charge in [-0.3, -0.25) is 9.59 Å². The zero-order valence-corrected chi connectivity index (χ0v) is 15.8. The number of carbonyl (C=O) groups excluding carboxylic acids is 2. The van der Waals surface area contributed by atoms with E-state index in [1.54, 1.807) is 30.3 Å². The minimum absolute atomic E-state index is 0.00141. The molecule has 2 aromatic carbocycles. The summed E-state index contributed by atoms with van der Waals surface area (Å²) < 4.78 is 5.80. The summed E-state index contributed by atoms with van der Waals surface area (Å²) >= 11 is 5.59. The molecule has 0 saturated heterocycles. The molecule has 0 unspecified atom stereocenters. The number of hydrogen-bond donors (Lipinski definition) is 1. The molecule has 1 N–H and O–H groups in total. The van der Waals surface area contributed by atoms with E-state index in [1.165, 1.54) is 6.92 Å². The predicted octanol–water partition coefficient (Wildman–Crippen LogP) is 4.94. The Hall–Kier alpha value is -2.33. The molecule has 0 aliphatic heterocycles. The van der Waals surface area contributed by atoms with Crippen molar-refractivity contribution in [3.8, 4) is 11.5 Å². The molecule has 0 amide bonds. The van der Waals surface area contributed by atoms with Gasteiger partial charge in [0, 0.05) is 23.4 Å². The Kier molecular flexibility index (Phi) is 7.22. The minimum atomic E-state index is -0.162. The second-order valence-electron chi connectivity index (χ2n) is 6.08. The number of aromatic hydroxyl groups is 1. The lowest BCUT2D eigenvalue weighted by Gasteiger charge is -2.14. The molecule has 0 aliphatic rings. The van der Waals surface area contributed by atoms with Gasteiger partial charge in [-0.25, -0.2) is 0 Å². The Morgan fingerprint density at radius 3 is 2.38 bits per heavy atom. The Labute approximate surface area is 158 Å². The zero-order chi connectivity index (χ0) is 19.1. The number of hydrogen-bond acceptors (Lipinski definition) is 4. The van der Waals surface area contributed by atoms with E-state index in [2.05, 4.69) is 0 Å². The monoisotopic (exact) mass is 374 g/mol. The Morgan fingerprint density at radius 2 is 1.81 bits per heavy atom. The van der Waals surface area contributed by atoms with Crippen molar-refractivity contribution in [2.24, 2.45) is 0 Å². The molecule has 138 valence electrons. The predicted molar refractivity (Wildman–Crippen MR) is 103 cm³/mol. The maximum Gasteiger partial charge on any atom is 0.164 e. The summed E-state index contributed by atoms with van der Waals surface area (Å²) in [5.41, 5.74) is 2.53. The lowest BCUT2D eigenvalue weighted by atomic mass is 9.97. The highest BCUT2D eigenvalue weighted by Crippen LogP contribution is 2.29. The van der Waals surface area contributed by atoms with Gasteiger partial charge >= 0.3 is 0 Å². The first-order valence-electron chi connectivity index (χ1n) is 8.64. The number of ketones is 2. The van der Waals surface area contributed by atoms with Crippen LogP contribution in [-0.4, -0.2) is 22.6 Å². The summed E-state index contributed by atoms with van der Waals surface area (Å²) in [6, 6.07) is 10.4. The van der Waals surface area contributed by atoms with E-state index < -0.39 is 0 Å². The Balaban J connectivity index is 2.15. The Bertz CT molecular complexity index is 781. The molecule has 0 radical (unpaired) electrons. The molecule has 0 saturated carbocycles. The summed E-state index contributed by atoms with van der Waals surface area (Å²) in [4.78, 5) is 23.4. The van der Waals surface area contributed by atoms with Crippen molar-refractivity contribution in [3.63, 3.8) is 0 Å². The van der Waals surface area contributed by atoms with Crippen LogP contribution >= 0.6 is 11.6 Å². The third-order valence-electron chi connectivity index (χ3n) is 4.15. The van der Waals surface area contributed by atoms with Crippen LogP contribution in [0.3, 0.4) is 0 Å². The van der Waals surface area contributed by atoms with Crippen molar-refractivity contribution in [2.45, 2.75) is 39.7 Å². The molecule has 4 nitrogen and oxygen atoms in total. The van der Waals surface area contributed by atoms with Gasteiger partial charge in [0.2, 0.25) is 0 Å². The van der Waals surface area contributed by atoms with Crippen LogP contribution in [0.25, 0.3) is 0 Å². The minimum Gasteiger partial charge on any atom is -0.507 e. The highest BCUT2D eigenvalue weighted by molar-refractivity contribution is 6.19. The van der Waals surface area contributed by atoms with Crippen LogP contribution in [0.15, 0.2) is 36.4 Å². The van der Waals surface area contributed by atoms with Crippen molar-refractivity contribution >= 4 is 23.2 Å². The van der Waals surface area contributed by atoms with E-state index in [4.69, 9.17) is 16.3 Å². The van der Waals surface area contributed by atoms with Crippen LogP contribution in [0.4, 0.5) is 0 Å². The zero-order valence-electron chi connectivity index (χ0n) is 15.0. The first-order chi connectivity index (χ1) is 12.5. The van der Waals surface area contributed by atoms with Gasteiger partial charge < -0.3 is 9.84 Å². The van der Waals surface area contributed by atoms with Gasteiger partial charge in [-0.15, -0.1) is 11.6 Å². The molecule has 0 aliphatic carbocycles. The Morgan fingerprint density at radius 1 is 1.12 bits per heavy atom. The first kappa shape index (κ1) is 20.0. The molecule has 0 heterocycles. The molecule has 5 heteroatoms. The normalized spacial score (nSPS) is 10.6. The van der Waals surface area contributed by atoms with Crippen molar-refractivity contribution in [1.29, 1.82) is 0 Å². The number of benzene rings is 2. The largest absolute Gasteiger partial charge is 0.507 e. The second kappa shape index (κ2) is 9.39. The van der Waals surface area contributed by atoms with Gasteiger partial charge in [-0.2, -0.15) is 0 Å². The van der Waals surface area contributed by atoms with E-state index >= 15 is 0 Å². The molecule has 26 heavy (non-hydrogen) atoms. The summed E-state index contributed by atoms with van der Waals surface area (Å²) in [5, 5.41) is 10.4. The fourth-order valence-electron chi connectivity index (χ4n) is 2.75. The highest BCUT2D eigenvalue weighted by atomic mass is 35.5. The van der Waals surface area contributed by atoms with Crippen LogP contribution in [0, 0.1) is 0 Å². The maximum atomic E-state index is 11.8. The number of Topliss-reactive ketones (excluding diaryl/α,β-unsaturated/α-hetero) is 2. The van der Waals surface area contributed by atoms with Gasteiger partial charge in [0.1, 0.15) is 18.1 Å². The molecule has 0 atom stereocenters. The summed E-state index contributed by atoms with van der Waals surface area (Å²) in [6.45, 7) is 3.73. The van der Waals surface area contributed by atoms with Crippen LogP contribution < -0.4 is 4.74 Å². The molecular weight excluding hydrogens is 352 g/mol. The van der Waals surface area contributed by atoms with E-state index in [0.717, 1.165) is 17.5 Å². The standard InChI is InChI=1S/C21H23ClO4/c1-3-4-19-16(7-10-18(14(2)23)21(19)25)13-26-17-8-5-15(6-9-17)20(24)11-12-22/h5-10,25H,3-4,11-13H2,1-2H3. The number of alkyl halides is 1. The number of carbonyl (C=O) groups is 2. The third-order valence-corrected chi connectivity index (χ3v) is 4.34. The number of halogens is 1. The SMILES string of the molecule is CCCc1c(COc2ccc(C(=O)CCCl)cc2)ccc(C(C)=O)c1O. The smallest absolute Gasteiger partial charge is 0.164 e. The third kappa shape index (κ3) is 4.85. The van der Waals surface area contributed by atoms with Crippen molar-refractivity contribution in [3.05, 3.63) is 58.7 Å². The molecule has 0 aromatic heterocycles. The van der Waals surface area contributed by atoms with Gasteiger partial charge in [0.15, 0.2) is 11.6 Å². The fourth-order valence-corrected chi connectivity index (χ4v) is 2.93. The lowest BCUT2D eigenvalue weighted by molar-refractivity contribution is 0.0986. The topological polar surface area (TPSA) is 63.6 Å². The van der Waals surface area contributed by atoms with Gasteiger partial charge in [0.25, 0.3) is 0 Å². The highest BCUT2D eigenvalue weighted by Gasteiger charge is 2.15. The van der Waals surface area contributed by atoms with E-state index in [1.807, 2.05) is 13.0 Å². The van der Waals surface area contributed by atoms with Gasteiger partial charge in [0.05, 0.1) is 5.56 Å². The molecule has 2 aromatic rings. The quantitative estimate of drug-likeness (QED) is 0.499. The molecule has 2 rings (SSSR count). The number of phenols is 1. The first-order valence-corrected chi connectivity index (χ1v) is 9.18. The summed E-state index contributed by atoms with van der Waals surface area (Å²) in [7, 11) is 0. The maximum absolute atomic E-state index is 11.8. The summed E-state index contributed by atoms with van der Waals surface area (Å²) in [6.07, 6.45) is 1.82. The molecule has 0 spiro atoms. The summed E-state index contributed by atoms with van der Waals surface area (Å²) in [5.74, 6) is 0.815. The van der Waals surface area contributed by atoms with Crippen LogP contribution in [0.5, 0.6) is 11.5 Å². The molecular formula is C21H23ClO4. The van der Waals surface area contributed by atoms with Crippen LogP contribution in [0.1, 0.15) is 58.5 Å². The average molecular weight is 375 g/mol. The van der Waals surface area contributed by atoms with Gasteiger partial charge in [-0.05, 0) is 49.2 Å². The van der Waals surface area contributed by atoms with Gasteiger partial charge in [-0.1, -0.05) is 19.4 Å². The fraction of sp³-hybridized carbons (Fsp3) is 0.333. The van der Waals surface area contributed by atoms with Crippen LogP contribution in [0.2, 0.25) is 0 Å². The van der Waals surface area contributed by atoms with E-state index in [-0.39, 0.29) is 23.9 Å². The molecule has 0 bridgehead atoms. The average Bonchev–Trinajstić information content (AvgIpc) is 2.62. The number of phenolic OH excluding ortho intramolecular Hbond substituents is 1.